The molecule has 84 valence electrons. The van der Waals surface area contributed by atoms with Crippen molar-refractivity contribution in [3.05, 3.63) is 27.2 Å². The fourth-order valence-electron chi connectivity index (χ4n) is 1.47. The van der Waals surface area contributed by atoms with Crippen LogP contribution in [0.25, 0.3) is 11.2 Å². The first kappa shape index (κ1) is 10.1. The molecule has 2 aromatic heterocycles. The second kappa shape index (κ2) is 3.33. The summed E-state index contributed by atoms with van der Waals surface area (Å²) in [6.07, 6.45) is 1.32. The Kier molecular flexibility index (Phi) is 2.11. The summed E-state index contributed by atoms with van der Waals surface area (Å²) in [4.78, 5) is 30.1. The van der Waals surface area contributed by atoms with E-state index >= 15 is 0 Å². The van der Waals surface area contributed by atoms with Crippen molar-refractivity contribution >= 4 is 17.0 Å². The number of oxime groups is 1. The fraction of sp³-hybridized carbons (Fsp3) is 0.250. The van der Waals surface area contributed by atoms with Crippen molar-refractivity contribution in [2.45, 2.75) is 6.92 Å². The molecule has 2 aromatic rings. The van der Waals surface area contributed by atoms with Gasteiger partial charge >= 0.3 is 5.69 Å². The summed E-state index contributed by atoms with van der Waals surface area (Å²) in [6.45, 7) is 1.35. The summed E-state index contributed by atoms with van der Waals surface area (Å²) in [5, 5.41) is 11.4. The number of aromatic amines is 1. The van der Waals surface area contributed by atoms with Crippen LogP contribution in [-0.2, 0) is 7.05 Å². The van der Waals surface area contributed by atoms with Gasteiger partial charge in [0.1, 0.15) is 5.52 Å². The number of rotatable bonds is 0. The SMILES string of the molecule is C/C(=N\O)n1c(=O)c2[nH]cnc2n(C)c1=O. The lowest BCUT2D eigenvalue weighted by molar-refractivity contribution is 0.316. The molecule has 16 heavy (non-hydrogen) atoms. The van der Waals surface area contributed by atoms with Crippen molar-refractivity contribution in [3.8, 4) is 0 Å². The highest BCUT2D eigenvalue weighted by Gasteiger charge is 2.14. The maximum absolute atomic E-state index is 11.8. The van der Waals surface area contributed by atoms with Gasteiger partial charge in [-0.1, -0.05) is 5.16 Å². The number of imidazole rings is 1. The number of hydrogen-bond acceptors (Lipinski definition) is 5. The zero-order valence-electron chi connectivity index (χ0n) is 8.63. The van der Waals surface area contributed by atoms with Crippen LogP contribution in [-0.4, -0.2) is 30.1 Å². The molecule has 0 saturated carbocycles. The maximum Gasteiger partial charge on any atom is 0.338 e. The number of fused-ring (bicyclic) bond motifs is 1. The van der Waals surface area contributed by atoms with E-state index in [2.05, 4.69) is 15.1 Å². The summed E-state index contributed by atoms with van der Waals surface area (Å²) in [7, 11) is 1.48. The molecular formula is C8H9N5O3. The highest BCUT2D eigenvalue weighted by Crippen LogP contribution is 1.98. The molecule has 0 atom stereocenters. The number of H-pyrrole nitrogens is 1. The minimum atomic E-state index is -0.611. The van der Waals surface area contributed by atoms with E-state index in [9.17, 15) is 9.59 Å². The van der Waals surface area contributed by atoms with Crippen LogP contribution >= 0.6 is 0 Å². The van der Waals surface area contributed by atoms with E-state index in [1.165, 1.54) is 24.9 Å². The lowest BCUT2D eigenvalue weighted by Crippen LogP contribution is -2.42. The van der Waals surface area contributed by atoms with Crippen molar-refractivity contribution < 1.29 is 5.21 Å². The highest BCUT2D eigenvalue weighted by atomic mass is 16.4. The van der Waals surface area contributed by atoms with Gasteiger partial charge in [-0.2, -0.15) is 0 Å². The molecule has 0 aliphatic heterocycles. The summed E-state index contributed by atoms with van der Waals surface area (Å²) < 4.78 is 1.96. The maximum atomic E-state index is 11.8. The van der Waals surface area contributed by atoms with E-state index in [1.807, 2.05) is 0 Å². The standard InChI is InChI=1S/C8H9N5O3/c1-4(11-16)13-7(14)5-6(10-3-9-5)12(2)8(13)15/h3,16H,1-2H3,(H,9,10)/b11-4+. The van der Waals surface area contributed by atoms with Crippen LogP contribution in [0.4, 0.5) is 0 Å². The summed E-state index contributed by atoms with van der Waals surface area (Å²) in [5.41, 5.74) is -0.757. The fourth-order valence-corrected chi connectivity index (χ4v) is 1.47. The Morgan fingerprint density at radius 2 is 2.25 bits per heavy atom. The van der Waals surface area contributed by atoms with Crippen LogP contribution in [0.2, 0.25) is 0 Å². The minimum absolute atomic E-state index is 0.0953. The first-order valence-corrected chi connectivity index (χ1v) is 4.42. The van der Waals surface area contributed by atoms with Gasteiger partial charge in [0.25, 0.3) is 5.56 Å². The number of hydrogen-bond donors (Lipinski definition) is 2. The molecule has 0 amide bonds. The smallest absolute Gasteiger partial charge is 0.338 e. The number of nitrogens with zero attached hydrogens (tertiary/aromatic N) is 4. The molecule has 0 spiro atoms. The molecule has 2 N–H and O–H groups in total. The minimum Gasteiger partial charge on any atom is -0.409 e. The monoisotopic (exact) mass is 223 g/mol. The van der Waals surface area contributed by atoms with Crippen molar-refractivity contribution in [1.82, 2.24) is 19.1 Å². The Hall–Kier alpha value is -2.38. The van der Waals surface area contributed by atoms with E-state index in [-0.39, 0.29) is 17.0 Å². The van der Waals surface area contributed by atoms with E-state index in [4.69, 9.17) is 5.21 Å². The quantitative estimate of drug-likeness (QED) is 0.261. The second-order valence-corrected chi connectivity index (χ2v) is 3.23. The number of nitrogens with one attached hydrogen (secondary N) is 1. The van der Waals surface area contributed by atoms with E-state index in [1.54, 1.807) is 0 Å². The molecule has 0 aromatic carbocycles. The lowest BCUT2D eigenvalue weighted by atomic mass is 10.5. The molecule has 0 aliphatic carbocycles. The van der Waals surface area contributed by atoms with E-state index in [0.29, 0.717) is 0 Å². The number of aryl methyl sites for hydroxylation is 1. The molecule has 2 heterocycles. The highest BCUT2D eigenvalue weighted by molar-refractivity contribution is 5.83. The second-order valence-electron chi connectivity index (χ2n) is 3.23. The third-order valence-electron chi connectivity index (χ3n) is 2.30. The molecule has 0 aliphatic rings. The average Bonchev–Trinajstić information content (AvgIpc) is 2.75. The zero-order chi connectivity index (χ0) is 11.9. The van der Waals surface area contributed by atoms with Crippen LogP contribution in [0.5, 0.6) is 0 Å². The van der Waals surface area contributed by atoms with Crippen molar-refractivity contribution in [1.29, 1.82) is 0 Å². The van der Waals surface area contributed by atoms with Gasteiger partial charge in [0.2, 0.25) is 0 Å². The van der Waals surface area contributed by atoms with Gasteiger partial charge in [-0.25, -0.2) is 14.3 Å². The topological polar surface area (TPSA) is 105 Å². The Morgan fingerprint density at radius 3 is 2.88 bits per heavy atom. The average molecular weight is 223 g/mol. The van der Waals surface area contributed by atoms with Crippen LogP contribution < -0.4 is 11.2 Å². The number of aromatic nitrogens is 4. The van der Waals surface area contributed by atoms with Gasteiger partial charge in [-0.15, -0.1) is 0 Å². The molecular weight excluding hydrogens is 214 g/mol. The zero-order valence-corrected chi connectivity index (χ0v) is 8.63. The summed E-state index contributed by atoms with van der Waals surface area (Å²) in [6, 6.07) is 0. The summed E-state index contributed by atoms with van der Waals surface area (Å²) >= 11 is 0. The van der Waals surface area contributed by atoms with Crippen molar-refractivity contribution in [2.75, 3.05) is 0 Å². The molecule has 0 radical (unpaired) electrons. The van der Waals surface area contributed by atoms with Gasteiger partial charge in [0.05, 0.1) is 6.33 Å². The molecule has 0 unspecified atom stereocenters. The molecule has 8 heteroatoms. The molecule has 0 fully saturated rings. The predicted octanol–water partition coefficient (Wildman–Crippen LogP) is -0.921. The van der Waals surface area contributed by atoms with Crippen LogP contribution in [0.3, 0.4) is 0 Å². The van der Waals surface area contributed by atoms with E-state index < -0.39 is 11.2 Å². The Labute approximate surface area is 88.5 Å². The molecule has 0 bridgehead atoms. The predicted molar refractivity (Wildman–Crippen MR) is 55.9 cm³/mol. The first-order chi connectivity index (χ1) is 7.57. The molecule has 2 rings (SSSR count). The van der Waals surface area contributed by atoms with Gasteiger partial charge in [0, 0.05) is 7.05 Å². The van der Waals surface area contributed by atoms with Gasteiger partial charge in [-0.05, 0) is 6.92 Å². The lowest BCUT2D eigenvalue weighted by Gasteiger charge is -2.05. The Bertz CT molecular complexity index is 690. The Morgan fingerprint density at radius 1 is 1.56 bits per heavy atom. The molecule has 0 saturated heterocycles. The van der Waals surface area contributed by atoms with Crippen LogP contribution in [0, 0.1) is 0 Å². The van der Waals surface area contributed by atoms with Gasteiger partial charge in [0.15, 0.2) is 11.5 Å². The normalized spacial score (nSPS) is 12.2. The Balaban J connectivity index is 3.07. The first-order valence-electron chi connectivity index (χ1n) is 4.42. The van der Waals surface area contributed by atoms with Gasteiger partial charge < -0.3 is 10.2 Å². The third-order valence-corrected chi connectivity index (χ3v) is 2.30. The third kappa shape index (κ3) is 1.16. The van der Waals surface area contributed by atoms with Crippen molar-refractivity contribution in [2.24, 2.45) is 12.2 Å². The largest absolute Gasteiger partial charge is 0.409 e. The van der Waals surface area contributed by atoms with Crippen LogP contribution in [0.15, 0.2) is 21.1 Å². The van der Waals surface area contributed by atoms with Gasteiger partial charge in [-0.3, -0.25) is 9.36 Å². The van der Waals surface area contributed by atoms with Crippen LogP contribution in [0.1, 0.15) is 6.92 Å². The summed E-state index contributed by atoms with van der Waals surface area (Å²) in [5.74, 6) is -0.0953. The van der Waals surface area contributed by atoms with Crippen molar-refractivity contribution in [3.63, 3.8) is 0 Å². The van der Waals surface area contributed by atoms with E-state index in [0.717, 1.165) is 4.57 Å². The molecule has 8 nitrogen and oxygen atoms in total.